The third-order valence-corrected chi connectivity index (χ3v) is 4.14. The normalized spacial score (nSPS) is 12.7. The number of halogens is 3. The average molecular weight is 329 g/mol. The van der Waals surface area contributed by atoms with Crippen LogP contribution in [-0.4, -0.2) is 0 Å². The van der Waals surface area contributed by atoms with Crippen LogP contribution in [0.15, 0.2) is 22.6 Å². The maximum absolute atomic E-state index is 13.7. The van der Waals surface area contributed by atoms with Crippen LogP contribution in [0.4, 0.5) is 8.78 Å². The highest BCUT2D eigenvalue weighted by Crippen LogP contribution is 2.35. The second-order valence-electron chi connectivity index (χ2n) is 4.64. The van der Waals surface area contributed by atoms with Crippen molar-refractivity contribution in [3.8, 4) is 0 Å². The van der Waals surface area contributed by atoms with Crippen molar-refractivity contribution in [3.05, 3.63) is 58.0 Å². The Morgan fingerprint density at radius 3 is 2.42 bits per heavy atom. The molecule has 0 N–H and O–H groups in total. The van der Waals surface area contributed by atoms with Gasteiger partial charge in [-0.1, -0.05) is 28.1 Å². The molecule has 0 aliphatic carbocycles. The van der Waals surface area contributed by atoms with Crippen molar-refractivity contribution in [2.45, 2.75) is 32.0 Å². The minimum absolute atomic E-state index is 0.0961. The van der Waals surface area contributed by atoms with Gasteiger partial charge in [-0.25, -0.2) is 8.78 Å². The van der Waals surface area contributed by atoms with Crippen LogP contribution in [0.2, 0.25) is 0 Å². The van der Waals surface area contributed by atoms with Crippen molar-refractivity contribution in [3.63, 3.8) is 0 Å². The first-order valence-electron chi connectivity index (χ1n) is 6.05. The molecular weight excluding hydrogens is 314 g/mol. The molecular formula is C15H15BrF2O. The van der Waals surface area contributed by atoms with Gasteiger partial charge >= 0.3 is 0 Å². The van der Waals surface area contributed by atoms with E-state index in [2.05, 4.69) is 15.9 Å². The fraction of sp³-hybridized carbons (Fsp3) is 0.333. The fourth-order valence-corrected chi connectivity index (χ4v) is 3.29. The van der Waals surface area contributed by atoms with Crippen molar-refractivity contribution in [2.24, 2.45) is 0 Å². The molecule has 0 aliphatic heterocycles. The molecule has 4 heteroatoms. The molecule has 1 heterocycles. The van der Waals surface area contributed by atoms with Gasteiger partial charge in [0, 0.05) is 10.4 Å². The number of rotatable bonds is 3. The van der Waals surface area contributed by atoms with Crippen molar-refractivity contribution < 1.29 is 13.2 Å². The molecule has 1 unspecified atom stereocenters. The summed E-state index contributed by atoms with van der Waals surface area (Å²) < 4.78 is 32.4. The average Bonchev–Trinajstić information content (AvgIpc) is 2.59. The Kier molecular flexibility index (Phi) is 4.09. The maximum Gasteiger partial charge on any atom is 0.162 e. The Hall–Kier alpha value is -1.16. The monoisotopic (exact) mass is 328 g/mol. The Labute approximate surface area is 119 Å². The summed E-state index contributed by atoms with van der Waals surface area (Å²) in [4.78, 5) is -0.0961. The van der Waals surface area contributed by atoms with Crippen LogP contribution in [0, 0.1) is 32.4 Å². The lowest BCUT2D eigenvalue weighted by molar-refractivity contribution is 0.494. The van der Waals surface area contributed by atoms with Gasteiger partial charge in [0.25, 0.3) is 0 Å². The van der Waals surface area contributed by atoms with Crippen molar-refractivity contribution in [1.82, 2.24) is 0 Å². The molecule has 1 aromatic carbocycles. The number of aryl methyl sites for hydroxylation is 2. The first-order valence-corrected chi connectivity index (χ1v) is 6.96. The van der Waals surface area contributed by atoms with E-state index in [0.29, 0.717) is 12.0 Å². The van der Waals surface area contributed by atoms with Crippen LogP contribution < -0.4 is 0 Å². The summed E-state index contributed by atoms with van der Waals surface area (Å²) in [7, 11) is 0. The summed E-state index contributed by atoms with van der Waals surface area (Å²) in [5, 5.41) is 0. The molecule has 0 aliphatic rings. The van der Waals surface area contributed by atoms with E-state index < -0.39 is 11.6 Å². The van der Waals surface area contributed by atoms with E-state index in [1.807, 2.05) is 20.8 Å². The maximum atomic E-state index is 13.7. The smallest absolute Gasteiger partial charge is 0.162 e. The predicted molar refractivity (Wildman–Crippen MR) is 74.6 cm³/mol. The summed E-state index contributed by atoms with van der Waals surface area (Å²) in [6, 6.07) is 4.25. The first kappa shape index (κ1) is 14.3. The van der Waals surface area contributed by atoms with E-state index in [1.54, 1.807) is 6.07 Å². The number of hydrogen-bond donors (Lipinski definition) is 0. The number of furan rings is 1. The molecule has 0 saturated heterocycles. The summed E-state index contributed by atoms with van der Waals surface area (Å²) in [6.45, 7) is 5.75. The highest BCUT2D eigenvalue weighted by molar-refractivity contribution is 9.09. The van der Waals surface area contributed by atoms with Gasteiger partial charge in [-0.3, -0.25) is 0 Å². The van der Waals surface area contributed by atoms with E-state index in [-0.39, 0.29) is 4.83 Å². The van der Waals surface area contributed by atoms with E-state index in [1.165, 1.54) is 6.07 Å². The molecule has 102 valence electrons. The number of alkyl halides is 1. The van der Waals surface area contributed by atoms with E-state index in [0.717, 1.165) is 28.7 Å². The van der Waals surface area contributed by atoms with E-state index >= 15 is 0 Å². The molecule has 0 amide bonds. The minimum Gasteiger partial charge on any atom is -0.466 e. The first-order chi connectivity index (χ1) is 8.91. The fourth-order valence-electron chi connectivity index (χ4n) is 2.27. The van der Waals surface area contributed by atoms with Gasteiger partial charge in [0.2, 0.25) is 0 Å². The molecule has 0 bridgehead atoms. The summed E-state index contributed by atoms with van der Waals surface area (Å²) in [6.07, 6.45) is 0.379. The Bertz CT molecular complexity index is 604. The molecule has 1 aromatic heterocycles. The van der Waals surface area contributed by atoms with Gasteiger partial charge < -0.3 is 4.42 Å². The third-order valence-electron chi connectivity index (χ3n) is 3.36. The second kappa shape index (κ2) is 5.45. The van der Waals surface area contributed by atoms with Crippen LogP contribution in [0.1, 0.15) is 33.0 Å². The summed E-state index contributed by atoms with van der Waals surface area (Å²) in [5.41, 5.74) is 2.43. The van der Waals surface area contributed by atoms with Gasteiger partial charge in [-0.15, -0.1) is 0 Å². The van der Waals surface area contributed by atoms with Gasteiger partial charge in [0.05, 0.1) is 0 Å². The zero-order valence-electron chi connectivity index (χ0n) is 11.1. The lowest BCUT2D eigenvalue weighted by Gasteiger charge is -2.11. The van der Waals surface area contributed by atoms with E-state index in [4.69, 9.17) is 4.42 Å². The highest BCUT2D eigenvalue weighted by atomic mass is 79.9. The van der Waals surface area contributed by atoms with Crippen molar-refractivity contribution >= 4 is 15.9 Å². The topological polar surface area (TPSA) is 13.1 Å². The van der Waals surface area contributed by atoms with Crippen molar-refractivity contribution in [1.29, 1.82) is 0 Å². The zero-order chi connectivity index (χ0) is 14.2. The number of benzene rings is 1. The van der Waals surface area contributed by atoms with Crippen LogP contribution in [0.25, 0.3) is 0 Å². The Morgan fingerprint density at radius 1 is 1.16 bits per heavy atom. The Morgan fingerprint density at radius 2 is 1.84 bits per heavy atom. The SMILES string of the molecule is Cc1oc(C)c(C(Br)Cc2cccc(F)c2F)c1C. The lowest BCUT2D eigenvalue weighted by Crippen LogP contribution is -2.01. The highest BCUT2D eigenvalue weighted by Gasteiger charge is 2.21. The summed E-state index contributed by atoms with van der Waals surface area (Å²) in [5.74, 6) is 0.0850. The molecule has 19 heavy (non-hydrogen) atoms. The van der Waals surface area contributed by atoms with Crippen LogP contribution in [0.5, 0.6) is 0 Å². The molecule has 0 radical (unpaired) electrons. The van der Waals surface area contributed by atoms with Gasteiger partial charge in [0.1, 0.15) is 11.5 Å². The quantitative estimate of drug-likeness (QED) is 0.709. The molecule has 0 fully saturated rings. The largest absolute Gasteiger partial charge is 0.466 e. The third kappa shape index (κ3) is 2.73. The van der Waals surface area contributed by atoms with Gasteiger partial charge in [0.15, 0.2) is 11.6 Å². The molecule has 0 saturated carbocycles. The second-order valence-corrected chi connectivity index (χ2v) is 5.74. The van der Waals surface area contributed by atoms with Crippen LogP contribution >= 0.6 is 15.9 Å². The molecule has 2 rings (SSSR count). The summed E-state index contributed by atoms with van der Waals surface area (Å²) >= 11 is 3.55. The van der Waals surface area contributed by atoms with Gasteiger partial charge in [-0.05, 0) is 44.4 Å². The van der Waals surface area contributed by atoms with Crippen LogP contribution in [0.3, 0.4) is 0 Å². The standard InChI is InChI=1S/C15H15BrF2O/c1-8-9(2)19-10(3)14(8)12(16)7-11-5-4-6-13(17)15(11)18/h4-6,12H,7H2,1-3H3. The van der Waals surface area contributed by atoms with Gasteiger partial charge in [-0.2, -0.15) is 0 Å². The van der Waals surface area contributed by atoms with E-state index in [9.17, 15) is 8.78 Å². The minimum atomic E-state index is -0.811. The van der Waals surface area contributed by atoms with Crippen molar-refractivity contribution in [2.75, 3.05) is 0 Å². The zero-order valence-corrected chi connectivity index (χ0v) is 12.6. The predicted octanol–water partition coefficient (Wildman–Crippen LogP) is 5.16. The lowest BCUT2D eigenvalue weighted by atomic mass is 10.0. The molecule has 1 atom stereocenters. The van der Waals surface area contributed by atoms with Crippen LogP contribution in [-0.2, 0) is 6.42 Å². The number of hydrogen-bond acceptors (Lipinski definition) is 1. The molecule has 0 spiro atoms. The molecule has 2 aromatic rings. The Balaban J connectivity index is 2.31. The molecule has 1 nitrogen and oxygen atoms in total.